The Kier molecular flexibility index (Phi) is 6.55. The summed E-state index contributed by atoms with van der Waals surface area (Å²) in [4.78, 5) is 25.6. The van der Waals surface area contributed by atoms with Gasteiger partial charge in [0.2, 0.25) is 0 Å². The van der Waals surface area contributed by atoms with Gasteiger partial charge in [-0.3, -0.25) is 0 Å². The lowest BCUT2D eigenvalue weighted by molar-refractivity contribution is 0.0184. The van der Waals surface area contributed by atoms with Crippen LogP contribution in [0.2, 0.25) is 0 Å². The van der Waals surface area contributed by atoms with Crippen LogP contribution in [0.5, 0.6) is 0 Å². The first kappa shape index (κ1) is 18.5. The number of aliphatic hydroxyl groups excluding tert-OH is 2. The molecule has 8 nitrogen and oxygen atoms in total. The van der Waals surface area contributed by atoms with E-state index >= 15 is 0 Å². The average Bonchev–Trinajstić information content (AvgIpc) is 3.14. The average molecular weight is 348 g/mol. The number of carbonyl (C=O) groups excluding carboxylic acids is 2. The van der Waals surface area contributed by atoms with Crippen LogP contribution in [0.4, 0.5) is 4.79 Å². The Morgan fingerprint density at radius 1 is 1.24 bits per heavy atom. The molecule has 0 saturated heterocycles. The maximum atomic E-state index is 11.6. The minimum atomic E-state index is -1.29. The first-order chi connectivity index (χ1) is 12.0. The molecule has 2 aromatic rings. The molecule has 0 fully saturated rings. The van der Waals surface area contributed by atoms with E-state index in [2.05, 4.69) is 15.0 Å². The summed E-state index contributed by atoms with van der Waals surface area (Å²) in [5.41, 5.74) is 1.28. The van der Waals surface area contributed by atoms with Crippen molar-refractivity contribution in [1.29, 1.82) is 0 Å². The lowest BCUT2D eigenvalue weighted by atomic mass is 10.1. The van der Waals surface area contributed by atoms with Gasteiger partial charge in [0.05, 0.1) is 7.11 Å². The molecule has 0 aliphatic rings. The summed E-state index contributed by atoms with van der Waals surface area (Å²) >= 11 is 0. The van der Waals surface area contributed by atoms with Crippen LogP contribution in [-0.2, 0) is 16.1 Å². The second kappa shape index (κ2) is 8.86. The van der Waals surface area contributed by atoms with E-state index in [-0.39, 0.29) is 18.8 Å². The van der Waals surface area contributed by atoms with Gasteiger partial charge in [-0.1, -0.05) is 30.3 Å². The number of aliphatic hydroxyl groups is 2. The first-order valence-corrected chi connectivity index (χ1v) is 7.58. The summed E-state index contributed by atoms with van der Waals surface area (Å²) in [5, 5.41) is 22.4. The highest BCUT2D eigenvalue weighted by atomic mass is 16.5. The summed E-state index contributed by atoms with van der Waals surface area (Å²) in [7, 11) is 1.24. The molecule has 0 radical (unpaired) electrons. The number of hydrogen-bond donors (Lipinski definition) is 4. The number of ether oxygens (including phenoxy) is 2. The SMILES string of the molecule is COC(=O)c1cc(C(O)C(O)CNC(=O)OCc2ccccc2)c[nH]1. The second-order valence-corrected chi connectivity index (χ2v) is 5.29. The molecule has 0 aliphatic carbocycles. The Bertz CT molecular complexity index is 700. The Labute approximate surface area is 144 Å². The molecule has 1 aromatic carbocycles. The van der Waals surface area contributed by atoms with Crippen molar-refractivity contribution in [3.05, 3.63) is 59.4 Å². The molecule has 0 aliphatic heterocycles. The van der Waals surface area contributed by atoms with Crippen LogP contribution in [-0.4, -0.2) is 47.0 Å². The molecule has 1 heterocycles. The van der Waals surface area contributed by atoms with E-state index in [1.54, 1.807) is 0 Å². The first-order valence-electron chi connectivity index (χ1n) is 7.58. The molecule has 2 atom stereocenters. The molecule has 134 valence electrons. The van der Waals surface area contributed by atoms with Gasteiger partial charge in [-0.25, -0.2) is 9.59 Å². The van der Waals surface area contributed by atoms with Crippen LogP contribution < -0.4 is 5.32 Å². The number of carbonyl (C=O) groups is 2. The second-order valence-electron chi connectivity index (χ2n) is 5.29. The largest absolute Gasteiger partial charge is 0.464 e. The number of esters is 1. The highest BCUT2D eigenvalue weighted by molar-refractivity contribution is 5.87. The number of alkyl carbamates (subject to hydrolysis) is 1. The van der Waals surface area contributed by atoms with Crippen molar-refractivity contribution >= 4 is 12.1 Å². The predicted molar refractivity (Wildman–Crippen MR) is 87.7 cm³/mol. The van der Waals surface area contributed by atoms with Gasteiger partial charge >= 0.3 is 12.1 Å². The maximum absolute atomic E-state index is 11.6. The molecule has 1 aromatic heterocycles. The fourth-order valence-electron chi connectivity index (χ4n) is 2.11. The number of methoxy groups -OCH3 is 1. The van der Waals surface area contributed by atoms with E-state index < -0.39 is 24.3 Å². The van der Waals surface area contributed by atoms with Crippen LogP contribution in [0.25, 0.3) is 0 Å². The fraction of sp³-hybridized carbons (Fsp3) is 0.294. The van der Waals surface area contributed by atoms with E-state index in [1.807, 2.05) is 30.3 Å². The third-order valence-electron chi connectivity index (χ3n) is 3.48. The number of benzene rings is 1. The van der Waals surface area contributed by atoms with Gasteiger partial charge in [-0.15, -0.1) is 0 Å². The molecule has 0 bridgehead atoms. The van der Waals surface area contributed by atoms with E-state index in [9.17, 15) is 19.8 Å². The monoisotopic (exact) mass is 348 g/mol. The minimum absolute atomic E-state index is 0.103. The van der Waals surface area contributed by atoms with E-state index in [4.69, 9.17) is 4.74 Å². The quantitative estimate of drug-likeness (QED) is 0.557. The van der Waals surface area contributed by atoms with E-state index in [0.29, 0.717) is 5.56 Å². The molecule has 1 amide bonds. The summed E-state index contributed by atoms with van der Waals surface area (Å²) in [6.07, 6.45) is -1.89. The lowest BCUT2D eigenvalue weighted by Crippen LogP contribution is -2.35. The van der Waals surface area contributed by atoms with Crippen molar-refractivity contribution in [1.82, 2.24) is 10.3 Å². The van der Waals surface area contributed by atoms with Gasteiger partial charge in [0, 0.05) is 18.3 Å². The maximum Gasteiger partial charge on any atom is 0.407 e. The van der Waals surface area contributed by atoms with Gasteiger partial charge < -0.3 is 30.0 Å². The number of aromatic nitrogens is 1. The van der Waals surface area contributed by atoms with Crippen molar-refractivity contribution in [2.24, 2.45) is 0 Å². The number of hydrogen-bond acceptors (Lipinski definition) is 6. The molecule has 2 unspecified atom stereocenters. The van der Waals surface area contributed by atoms with Crippen LogP contribution in [0, 0.1) is 0 Å². The van der Waals surface area contributed by atoms with Crippen molar-refractivity contribution in [2.75, 3.05) is 13.7 Å². The van der Waals surface area contributed by atoms with Crippen molar-refractivity contribution in [3.63, 3.8) is 0 Å². The highest BCUT2D eigenvalue weighted by Gasteiger charge is 2.22. The summed E-state index contributed by atoms with van der Waals surface area (Å²) in [6, 6.07) is 10.5. The normalized spacial score (nSPS) is 12.9. The van der Waals surface area contributed by atoms with Gasteiger partial charge in [0.15, 0.2) is 0 Å². The summed E-state index contributed by atoms with van der Waals surface area (Å²) in [5.74, 6) is -0.587. The Morgan fingerprint density at radius 3 is 2.64 bits per heavy atom. The zero-order chi connectivity index (χ0) is 18.2. The topological polar surface area (TPSA) is 121 Å². The lowest BCUT2D eigenvalue weighted by Gasteiger charge is -2.17. The van der Waals surface area contributed by atoms with E-state index in [0.717, 1.165) is 5.56 Å². The van der Waals surface area contributed by atoms with Crippen LogP contribution in [0.1, 0.15) is 27.7 Å². The van der Waals surface area contributed by atoms with Crippen LogP contribution >= 0.6 is 0 Å². The summed E-state index contributed by atoms with van der Waals surface area (Å²) in [6.45, 7) is -0.112. The molecule has 2 rings (SSSR count). The standard InChI is InChI=1S/C17H20N2O6/c1-24-16(22)13-7-12(8-18-13)15(21)14(20)9-19-17(23)25-10-11-5-3-2-4-6-11/h2-8,14-15,18,20-21H,9-10H2,1H3,(H,19,23). The Morgan fingerprint density at radius 2 is 1.96 bits per heavy atom. The molecular weight excluding hydrogens is 328 g/mol. The summed E-state index contributed by atoms with van der Waals surface area (Å²) < 4.78 is 9.55. The van der Waals surface area contributed by atoms with Gasteiger partial charge in [0.1, 0.15) is 24.5 Å². The van der Waals surface area contributed by atoms with Gasteiger partial charge in [0.25, 0.3) is 0 Å². The van der Waals surface area contributed by atoms with Crippen molar-refractivity contribution in [2.45, 2.75) is 18.8 Å². The number of amides is 1. The minimum Gasteiger partial charge on any atom is -0.464 e. The zero-order valence-corrected chi connectivity index (χ0v) is 13.6. The predicted octanol–water partition coefficient (Wildman–Crippen LogP) is 1.12. The van der Waals surface area contributed by atoms with Crippen molar-refractivity contribution in [3.8, 4) is 0 Å². The van der Waals surface area contributed by atoms with Crippen molar-refractivity contribution < 1.29 is 29.3 Å². The highest BCUT2D eigenvalue weighted by Crippen LogP contribution is 2.18. The Hall–Kier alpha value is -2.84. The van der Waals surface area contributed by atoms with Gasteiger partial charge in [-0.05, 0) is 11.6 Å². The zero-order valence-electron chi connectivity index (χ0n) is 13.6. The smallest absolute Gasteiger partial charge is 0.407 e. The molecule has 0 saturated carbocycles. The van der Waals surface area contributed by atoms with Gasteiger partial charge in [-0.2, -0.15) is 0 Å². The number of nitrogens with one attached hydrogen (secondary N) is 2. The third kappa shape index (κ3) is 5.33. The third-order valence-corrected chi connectivity index (χ3v) is 3.48. The molecule has 8 heteroatoms. The van der Waals surface area contributed by atoms with Crippen LogP contribution in [0.15, 0.2) is 42.6 Å². The number of H-pyrrole nitrogens is 1. The molecular formula is C17H20N2O6. The van der Waals surface area contributed by atoms with Crippen LogP contribution in [0.3, 0.4) is 0 Å². The number of aromatic amines is 1. The molecule has 25 heavy (non-hydrogen) atoms. The molecule has 0 spiro atoms. The Balaban J connectivity index is 1.78. The molecule has 4 N–H and O–H groups in total. The van der Waals surface area contributed by atoms with E-state index in [1.165, 1.54) is 19.4 Å². The fourth-order valence-corrected chi connectivity index (χ4v) is 2.11. The number of rotatable bonds is 7.